The molecule has 0 atom stereocenters. The van der Waals surface area contributed by atoms with E-state index in [1.54, 1.807) is 39.7 Å². The Morgan fingerprint density at radius 3 is 2.33 bits per heavy atom. The van der Waals surface area contributed by atoms with Gasteiger partial charge >= 0.3 is 0 Å². The number of ether oxygens (including phenoxy) is 3. The molecule has 0 saturated heterocycles. The normalized spacial score (nSPS) is 10.5. The fourth-order valence-corrected chi connectivity index (χ4v) is 2.08. The SMILES string of the molecule is COc1ccc(CC(=O)N/N=C/c2ccc(OC)c(OC)c2)cc1. The number of carbonyl (C=O) groups excluding carboxylic acids is 1. The molecule has 126 valence electrons. The molecule has 6 heteroatoms. The number of nitrogens with one attached hydrogen (secondary N) is 1. The Morgan fingerprint density at radius 2 is 1.71 bits per heavy atom. The van der Waals surface area contributed by atoms with E-state index in [2.05, 4.69) is 10.5 Å². The second-order valence-electron chi connectivity index (χ2n) is 4.93. The highest BCUT2D eigenvalue weighted by Crippen LogP contribution is 2.26. The lowest BCUT2D eigenvalue weighted by Gasteiger charge is -2.07. The van der Waals surface area contributed by atoms with E-state index in [0.717, 1.165) is 16.9 Å². The Bertz CT molecular complexity index is 711. The molecule has 0 aliphatic heterocycles. The summed E-state index contributed by atoms with van der Waals surface area (Å²) in [5, 5.41) is 3.96. The van der Waals surface area contributed by atoms with Gasteiger partial charge in [-0.05, 0) is 41.5 Å². The third-order valence-corrected chi connectivity index (χ3v) is 3.33. The summed E-state index contributed by atoms with van der Waals surface area (Å²) in [6.07, 6.45) is 1.79. The highest BCUT2D eigenvalue weighted by atomic mass is 16.5. The van der Waals surface area contributed by atoms with Gasteiger partial charge in [0.25, 0.3) is 0 Å². The van der Waals surface area contributed by atoms with Gasteiger partial charge in [-0.2, -0.15) is 5.10 Å². The summed E-state index contributed by atoms with van der Waals surface area (Å²) >= 11 is 0. The first-order valence-electron chi connectivity index (χ1n) is 7.33. The Balaban J connectivity index is 1.91. The standard InChI is InChI=1S/C18H20N2O4/c1-22-15-7-4-13(5-8-15)11-18(21)20-19-12-14-6-9-16(23-2)17(10-14)24-3/h4-10,12H,11H2,1-3H3,(H,20,21)/b19-12+. The lowest BCUT2D eigenvalue weighted by Crippen LogP contribution is -2.19. The molecule has 0 unspecified atom stereocenters. The van der Waals surface area contributed by atoms with Crippen LogP contribution in [0.5, 0.6) is 17.2 Å². The maximum absolute atomic E-state index is 11.9. The van der Waals surface area contributed by atoms with E-state index in [0.29, 0.717) is 11.5 Å². The average Bonchev–Trinajstić information content (AvgIpc) is 2.62. The van der Waals surface area contributed by atoms with Crippen LogP contribution in [0.2, 0.25) is 0 Å². The van der Waals surface area contributed by atoms with Crippen molar-refractivity contribution in [3.8, 4) is 17.2 Å². The fraction of sp³-hybridized carbons (Fsp3) is 0.222. The molecule has 0 aromatic heterocycles. The van der Waals surface area contributed by atoms with Crippen LogP contribution in [0.1, 0.15) is 11.1 Å². The minimum absolute atomic E-state index is 0.197. The molecule has 1 N–H and O–H groups in total. The van der Waals surface area contributed by atoms with Crippen molar-refractivity contribution in [1.29, 1.82) is 0 Å². The number of hydrogen-bond donors (Lipinski definition) is 1. The molecule has 0 aliphatic carbocycles. The predicted octanol–water partition coefficient (Wildman–Crippen LogP) is 2.41. The number of amides is 1. The molecule has 0 radical (unpaired) electrons. The van der Waals surface area contributed by atoms with E-state index >= 15 is 0 Å². The van der Waals surface area contributed by atoms with Crippen LogP contribution in [0.3, 0.4) is 0 Å². The number of nitrogens with zero attached hydrogens (tertiary/aromatic N) is 1. The summed E-state index contributed by atoms with van der Waals surface area (Å²) in [6.45, 7) is 0. The number of benzene rings is 2. The molecular weight excluding hydrogens is 308 g/mol. The average molecular weight is 328 g/mol. The Labute approximate surface area is 141 Å². The summed E-state index contributed by atoms with van der Waals surface area (Å²) < 4.78 is 15.5. The van der Waals surface area contributed by atoms with E-state index in [9.17, 15) is 4.79 Å². The minimum atomic E-state index is -0.197. The van der Waals surface area contributed by atoms with Crippen molar-refractivity contribution in [3.63, 3.8) is 0 Å². The molecule has 6 nitrogen and oxygen atoms in total. The molecule has 1 amide bonds. The van der Waals surface area contributed by atoms with E-state index in [-0.39, 0.29) is 12.3 Å². The monoisotopic (exact) mass is 328 g/mol. The Morgan fingerprint density at radius 1 is 1.00 bits per heavy atom. The lowest BCUT2D eigenvalue weighted by atomic mass is 10.1. The first-order valence-corrected chi connectivity index (χ1v) is 7.33. The molecule has 2 rings (SSSR count). The summed E-state index contributed by atoms with van der Waals surface area (Å²) in [5.41, 5.74) is 4.17. The summed E-state index contributed by atoms with van der Waals surface area (Å²) in [5.74, 6) is 1.80. The second-order valence-corrected chi connectivity index (χ2v) is 4.93. The molecule has 0 spiro atoms. The molecule has 0 bridgehead atoms. The zero-order chi connectivity index (χ0) is 17.4. The number of hydrazone groups is 1. The van der Waals surface area contributed by atoms with Crippen LogP contribution in [0, 0.1) is 0 Å². The number of hydrogen-bond acceptors (Lipinski definition) is 5. The van der Waals surface area contributed by atoms with Crippen molar-refractivity contribution in [2.45, 2.75) is 6.42 Å². The van der Waals surface area contributed by atoms with Crippen LogP contribution in [-0.2, 0) is 11.2 Å². The molecule has 0 fully saturated rings. The van der Waals surface area contributed by atoms with Crippen LogP contribution < -0.4 is 19.6 Å². The van der Waals surface area contributed by atoms with E-state index < -0.39 is 0 Å². The molecular formula is C18H20N2O4. The van der Waals surface area contributed by atoms with Crippen LogP contribution in [0.4, 0.5) is 0 Å². The highest BCUT2D eigenvalue weighted by molar-refractivity contribution is 5.84. The van der Waals surface area contributed by atoms with E-state index in [4.69, 9.17) is 14.2 Å². The molecule has 0 heterocycles. The first-order chi connectivity index (χ1) is 11.7. The van der Waals surface area contributed by atoms with Crippen LogP contribution in [0.15, 0.2) is 47.6 Å². The van der Waals surface area contributed by atoms with Crippen molar-refractivity contribution < 1.29 is 19.0 Å². The summed E-state index contributed by atoms with van der Waals surface area (Å²) in [7, 11) is 4.74. The van der Waals surface area contributed by atoms with Crippen molar-refractivity contribution in [1.82, 2.24) is 5.43 Å². The quantitative estimate of drug-likeness (QED) is 0.626. The first kappa shape index (κ1) is 17.3. The van der Waals surface area contributed by atoms with Crippen LogP contribution in [0.25, 0.3) is 0 Å². The third-order valence-electron chi connectivity index (χ3n) is 3.33. The van der Waals surface area contributed by atoms with Gasteiger partial charge in [-0.1, -0.05) is 12.1 Å². The molecule has 0 saturated carbocycles. The predicted molar refractivity (Wildman–Crippen MR) is 92.0 cm³/mol. The minimum Gasteiger partial charge on any atom is -0.497 e. The number of methoxy groups -OCH3 is 3. The Kier molecular flexibility index (Phi) is 6.19. The van der Waals surface area contributed by atoms with Gasteiger partial charge in [0.1, 0.15) is 5.75 Å². The number of carbonyl (C=O) groups is 1. The smallest absolute Gasteiger partial charge is 0.244 e. The molecule has 0 aliphatic rings. The van der Waals surface area contributed by atoms with Crippen molar-refractivity contribution in [2.75, 3.05) is 21.3 Å². The van der Waals surface area contributed by atoms with Crippen molar-refractivity contribution in [3.05, 3.63) is 53.6 Å². The van der Waals surface area contributed by atoms with E-state index in [1.807, 2.05) is 30.3 Å². The van der Waals surface area contributed by atoms with Crippen molar-refractivity contribution >= 4 is 12.1 Å². The maximum atomic E-state index is 11.9. The molecule has 24 heavy (non-hydrogen) atoms. The topological polar surface area (TPSA) is 69.2 Å². The van der Waals surface area contributed by atoms with Gasteiger partial charge in [-0.3, -0.25) is 4.79 Å². The van der Waals surface area contributed by atoms with Crippen molar-refractivity contribution in [2.24, 2.45) is 5.10 Å². The lowest BCUT2D eigenvalue weighted by molar-refractivity contribution is -0.120. The molecule has 2 aromatic carbocycles. The van der Waals surface area contributed by atoms with Gasteiger partial charge in [0.15, 0.2) is 11.5 Å². The fourth-order valence-electron chi connectivity index (χ4n) is 2.08. The zero-order valence-corrected chi connectivity index (χ0v) is 13.9. The van der Waals surface area contributed by atoms with Gasteiger partial charge in [-0.15, -0.1) is 0 Å². The zero-order valence-electron chi connectivity index (χ0n) is 13.9. The second kappa shape index (κ2) is 8.57. The van der Waals surface area contributed by atoms with E-state index in [1.165, 1.54) is 0 Å². The largest absolute Gasteiger partial charge is 0.497 e. The van der Waals surface area contributed by atoms with Gasteiger partial charge in [-0.25, -0.2) is 5.43 Å². The van der Waals surface area contributed by atoms with Gasteiger partial charge < -0.3 is 14.2 Å². The van der Waals surface area contributed by atoms with Crippen LogP contribution >= 0.6 is 0 Å². The highest BCUT2D eigenvalue weighted by Gasteiger charge is 2.04. The molecule has 2 aromatic rings. The van der Waals surface area contributed by atoms with Gasteiger partial charge in [0.2, 0.25) is 5.91 Å². The van der Waals surface area contributed by atoms with Gasteiger partial charge in [0, 0.05) is 0 Å². The summed E-state index contributed by atoms with van der Waals surface area (Å²) in [6, 6.07) is 12.7. The van der Waals surface area contributed by atoms with Gasteiger partial charge in [0.05, 0.1) is 34.0 Å². The maximum Gasteiger partial charge on any atom is 0.244 e. The Hall–Kier alpha value is -3.02. The number of rotatable bonds is 7. The third kappa shape index (κ3) is 4.74. The van der Waals surface area contributed by atoms with Crippen LogP contribution in [-0.4, -0.2) is 33.5 Å². The summed E-state index contributed by atoms with van der Waals surface area (Å²) in [4.78, 5) is 11.9.